The average Bonchev–Trinajstić information content (AvgIpc) is 3.52. The summed E-state index contributed by atoms with van der Waals surface area (Å²) >= 11 is 0. The molecule has 1 aliphatic rings. The summed E-state index contributed by atoms with van der Waals surface area (Å²) < 4.78 is 42.3. The van der Waals surface area contributed by atoms with Crippen molar-refractivity contribution in [1.82, 2.24) is 15.3 Å². The minimum absolute atomic E-state index is 0.00473. The maximum Gasteiger partial charge on any atom is 0.490 e. The Morgan fingerprint density at radius 1 is 0.936 bits per heavy atom. The second-order valence-electron chi connectivity index (χ2n) is 9.66. The molecule has 0 spiro atoms. The molecule has 1 saturated heterocycles. The quantitative estimate of drug-likeness (QED) is 0.183. The number of carbonyl (C=O) groups is 4. The SMILES string of the molecule is CNc1cc(N2CCCC2CNC(=O)C(=O)Nc2ccc(OC)c(NC(=O)Nc3ccccc3OC)c2)ncn1.O=C(O)C(F)(F)F. The van der Waals surface area contributed by atoms with Crippen LogP contribution in [0.25, 0.3) is 0 Å². The van der Waals surface area contributed by atoms with E-state index >= 15 is 0 Å². The number of benzene rings is 2. The predicted molar refractivity (Wildman–Crippen MR) is 166 cm³/mol. The molecule has 1 atom stereocenters. The first kappa shape index (κ1) is 35.7. The molecule has 6 N–H and O–H groups in total. The monoisotopic (exact) mass is 662 g/mol. The Bertz CT molecular complexity index is 1570. The number of halogens is 3. The van der Waals surface area contributed by atoms with Gasteiger partial charge in [0.25, 0.3) is 0 Å². The second kappa shape index (κ2) is 16.5. The summed E-state index contributed by atoms with van der Waals surface area (Å²) in [5.74, 6) is -2.05. The van der Waals surface area contributed by atoms with E-state index < -0.39 is 30.0 Å². The molecule has 1 unspecified atom stereocenters. The molecule has 2 aromatic carbocycles. The fourth-order valence-electron chi connectivity index (χ4n) is 4.38. The molecule has 1 fully saturated rings. The number of carbonyl (C=O) groups excluding carboxylic acids is 3. The maximum absolute atomic E-state index is 12.6. The predicted octanol–water partition coefficient (Wildman–Crippen LogP) is 3.54. The number of carboxylic acid groups (broad SMARTS) is 1. The number of ether oxygens (including phenoxy) is 2. The zero-order chi connectivity index (χ0) is 34.6. The number of nitrogens with zero attached hydrogens (tertiary/aromatic N) is 3. The molecular weight excluding hydrogens is 629 g/mol. The highest BCUT2D eigenvalue weighted by Gasteiger charge is 2.38. The van der Waals surface area contributed by atoms with Gasteiger partial charge in [-0.25, -0.2) is 19.6 Å². The van der Waals surface area contributed by atoms with Gasteiger partial charge in [0.05, 0.1) is 25.6 Å². The van der Waals surface area contributed by atoms with Crippen molar-refractivity contribution >= 4 is 52.5 Å². The molecular formula is C29H33F3N8O7. The van der Waals surface area contributed by atoms with E-state index in [1.807, 2.05) is 6.07 Å². The number of amides is 4. The fraction of sp³-hybridized carbons (Fsp3) is 0.310. The number of rotatable bonds is 9. The summed E-state index contributed by atoms with van der Waals surface area (Å²) in [5.41, 5.74) is 1.07. The molecule has 252 valence electrons. The number of aliphatic carboxylic acids is 1. The summed E-state index contributed by atoms with van der Waals surface area (Å²) in [6.07, 6.45) is -1.80. The van der Waals surface area contributed by atoms with Crippen LogP contribution in [0.5, 0.6) is 11.5 Å². The van der Waals surface area contributed by atoms with Crippen LogP contribution in [0.4, 0.5) is 46.7 Å². The summed E-state index contributed by atoms with van der Waals surface area (Å²) in [6, 6.07) is 12.9. The van der Waals surface area contributed by atoms with Crippen molar-refractivity contribution < 1.29 is 46.9 Å². The first-order valence-corrected chi connectivity index (χ1v) is 13.9. The highest BCUT2D eigenvalue weighted by Crippen LogP contribution is 2.29. The Morgan fingerprint density at radius 3 is 2.26 bits per heavy atom. The van der Waals surface area contributed by atoms with Gasteiger partial charge < -0.3 is 46.1 Å². The van der Waals surface area contributed by atoms with Crippen LogP contribution in [0, 0.1) is 0 Å². The second-order valence-corrected chi connectivity index (χ2v) is 9.66. The molecule has 4 amide bonds. The lowest BCUT2D eigenvalue weighted by molar-refractivity contribution is -0.192. The van der Waals surface area contributed by atoms with E-state index in [1.54, 1.807) is 43.4 Å². The number of alkyl halides is 3. The van der Waals surface area contributed by atoms with E-state index in [9.17, 15) is 27.6 Å². The Hall–Kier alpha value is -5.81. The van der Waals surface area contributed by atoms with Crippen LogP contribution < -0.4 is 41.0 Å². The molecule has 3 aromatic rings. The van der Waals surface area contributed by atoms with Crippen molar-refractivity contribution in [3.8, 4) is 11.5 Å². The maximum atomic E-state index is 12.6. The number of para-hydroxylation sites is 2. The Kier molecular flexibility index (Phi) is 12.5. The molecule has 0 radical (unpaired) electrons. The van der Waals surface area contributed by atoms with Crippen molar-refractivity contribution in [2.75, 3.05) is 60.5 Å². The van der Waals surface area contributed by atoms with Gasteiger partial charge in [-0.1, -0.05) is 12.1 Å². The van der Waals surface area contributed by atoms with E-state index in [1.165, 1.54) is 26.6 Å². The van der Waals surface area contributed by atoms with Crippen LogP contribution in [-0.4, -0.2) is 85.5 Å². The van der Waals surface area contributed by atoms with E-state index in [4.69, 9.17) is 19.4 Å². The minimum Gasteiger partial charge on any atom is -0.495 e. The summed E-state index contributed by atoms with van der Waals surface area (Å²) in [6.45, 7) is 1.07. The number of aromatic nitrogens is 2. The number of urea groups is 1. The van der Waals surface area contributed by atoms with Crippen LogP contribution in [0.15, 0.2) is 54.9 Å². The third kappa shape index (κ3) is 10.4. The number of carboxylic acids is 1. The normalized spacial score (nSPS) is 13.7. The lowest BCUT2D eigenvalue weighted by Gasteiger charge is -2.26. The van der Waals surface area contributed by atoms with Crippen molar-refractivity contribution in [3.05, 3.63) is 54.9 Å². The van der Waals surface area contributed by atoms with Crippen LogP contribution in [-0.2, 0) is 14.4 Å². The van der Waals surface area contributed by atoms with E-state index in [-0.39, 0.29) is 12.6 Å². The van der Waals surface area contributed by atoms with E-state index in [2.05, 4.69) is 41.5 Å². The smallest absolute Gasteiger partial charge is 0.490 e. The van der Waals surface area contributed by atoms with Crippen LogP contribution in [0.2, 0.25) is 0 Å². The van der Waals surface area contributed by atoms with Gasteiger partial charge in [0.15, 0.2) is 0 Å². The molecule has 2 heterocycles. The Balaban J connectivity index is 0.000000771. The highest BCUT2D eigenvalue weighted by atomic mass is 19.4. The number of hydrogen-bond donors (Lipinski definition) is 6. The van der Waals surface area contributed by atoms with Gasteiger partial charge in [-0.05, 0) is 43.2 Å². The third-order valence-corrected chi connectivity index (χ3v) is 6.59. The molecule has 18 heteroatoms. The van der Waals surface area contributed by atoms with Crippen molar-refractivity contribution in [2.24, 2.45) is 0 Å². The zero-order valence-corrected chi connectivity index (χ0v) is 25.5. The van der Waals surface area contributed by atoms with Crippen LogP contribution >= 0.6 is 0 Å². The van der Waals surface area contributed by atoms with E-state index in [0.29, 0.717) is 34.4 Å². The average molecular weight is 663 g/mol. The molecule has 47 heavy (non-hydrogen) atoms. The summed E-state index contributed by atoms with van der Waals surface area (Å²) in [4.78, 5) is 57.4. The van der Waals surface area contributed by atoms with Crippen molar-refractivity contribution in [2.45, 2.75) is 25.1 Å². The van der Waals surface area contributed by atoms with Gasteiger partial charge in [-0.15, -0.1) is 0 Å². The molecule has 0 aliphatic carbocycles. The highest BCUT2D eigenvalue weighted by molar-refractivity contribution is 6.39. The van der Waals surface area contributed by atoms with Crippen LogP contribution in [0.1, 0.15) is 12.8 Å². The lowest BCUT2D eigenvalue weighted by atomic mass is 10.2. The first-order valence-electron chi connectivity index (χ1n) is 13.9. The third-order valence-electron chi connectivity index (χ3n) is 6.59. The van der Waals surface area contributed by atoms with Gasteiger partial charge in [-0.3, -0.25) is 9.59 Å². The lowest BCUT2D eigenvalue weighted by Crippen LogP contribution is -2.44. The molecule has 1 aromatic heterocycles. The molecule has 4 rings (SSSR count). The molecule has 0 bridgehead atoms. The van der Waals surface area contributed by atoms with Gasteiger partial charge >= 0.3 is 30.0 Å². The fourth-order valence-corrected chi connectivity index (χ4v) is 4.38. The van der Waals surface area contributed by atoms with Crippen molar-refractivity contribution in [3.63, 3.8) is 0 Å². The number of anilines is 5. The largest absolute Gasteiger partial charge is 0.495 e. The summed E-state index contributed by atoms with van der Waals surface area (Å²) in [5, 5.41) is 20.8. The Labute approximate surface area is 266 Å². The first-order chi connectivity index (χ1) is 22.4. The van der Waals surface area contributed by atoms with Gasteiger partial charge in [0, 0.05) is 37.9 Å². The number of methoxy groups -OCH3 is 2. The standard InChI is InChI=1S/C27H32N8O5.C2HF3O2/c1-28-23-14-24(31-16-30-23)35-12-6-7-18(35)15-29-25(36)26(37)32-17-10-11-22(40-3)20(13-17)34-27(38)33-19-8-4-5-9-21(19)39-2;3-2(4,5)1(6)7/h4-5,8-11,13-14,16,18H,6-7,12,15H2,1-3H3,(H,29,36)(H,32,37)(H,28,30,31)(H2,33,34,38);(H,6,7). The molecule has 1 aliphatic heterocycles. The van der Waals surface area contributed by atoms with E-state index in [0.717, 1.165) is 25.2 Å². The minimum atomic E-state index is -5.08. The van der Waals surface area contributed by atoms with Crippen molar-refractivity contribution in [1.29, 1.82) is 0 Å². The van der Waals surface area contributed by atoms with Gasteiger partial charge in [0.2, 0.25) is 0 Å². The van der Waals surface area contributed by atoms with Gasteiger partial charge in [0.1, 0.15) is 29.5 Å². The van der Waals surface area contributed by atoms with Gasteiger partial charge in [-0.2, -0.15) is 13.2 Å². The molecule has 15 nitrogen and oxygen atoms in total. The molecule has 0 saturated carbocycles. The van der Waals surface area contributed by atoms with Crippen LogP contribution in [0.3, 0.4) is 0 Å². The number of hydrogen-bond acceptors (Lipinski definition) is 10. The Morgan fingerprint density at radius 2 is 1.60 bits per heavy atom. The summed E-state index contributed by atoms with van der Waals surface area (Å²) in [7, 11) is 4.74. The number of nitrogens with one attached hydrogen (secondary N) is 5. The zero-order valence-electron chi connectivity index (χ0n) is 25.5. The topological polar surface area (TPSA) is 196 Å².